The number of nitrogens with zero attached hydrogens (tertiary/aromatic N) is 2. The van der Waals surface area contributed by atoms with Crippen LogP contribution in [0.3, 0.4) is 0 Å². The molecule has 1 amide bonds. The highest BCUT2D eigenvalue weighted by Gasteiger charge is 2.29. The van der Waals surface area contributed by atoms with E-state index in [4.69, 9.17) is 16.3 Å². The van der Waals surface area contributed by atoms with Gasteiger partial charge in [-0.25, -0.2) is 0 Å². The van der Waals surface area contributed by atoms with E-state index in [-0.39, 0.29) is 18.4 Å². The van der Waals surface area contributed by atoms with Gasteiger partial charge in [-0.05, 0) is 58.7 Å². The molecular weight excluding hydrogens is 488 g/mol. The van der Waals surface area contributed by atoms with Crippen molar-refractivity contribution in [3.63, 3.8) is 0 Å². The minimum atomic E-state index is -3.81. The molecule has 1 aromatic heterocycles. The van der Waals surface area contributed by atoms with E-state index in [1.165, 1.54) is 24.3 Å². The number of nitrogens with one attached hydrogen (secondary N) is 1. The summed E-state index contributed by atoms with van der Waals surface area (Å²) in [5.41, 5.74) is -1.73. The van der Waals surface area contributed by atoms with Gasteiger partial charge in [0.15, 0.2) is 0 Å². The van der Waals surface area contributed by atoms with Gasteiger partial charge in [-0.2, -0.15) is 4.98 Å². The Morgan fingerprint density at radius 1 is 1.40 bits per heavy atom. The second-order valence-corrected chi connectivity index (χ2v) is 7.89. The van der Waals surface area contributed by atoms with Crippen molar-refractivity contribution in [2.75, 3.05) is 18.5 Å². The summed E-state index contributed by atoms with van der Waals surface area (Å²) in [5.74, 6) is -0.544. The molecule has 11 heteroatoms. The second-order valence-electron chi connectivity index (χ2n) is 6.59. The number of hydrogen-bond donors (Lipinski definition) is 2. The lowest BCUT2D eigenvalue weighted by molar-refractivity contribution is -0.0964. The lowest BCUT2D eigenvalue weighted by Crippen LogP contribution is -2.16. The van der Waals surface area contributed by atoms with Crippen molar-refractivity contribution in [2.24, 2.45) is 0 Å². The van der Waals surface area contributed by atoms with Crippen molar-refractivity contribution in [2.45, 2.75) is 18.0 Å². The van der Waals surface area contributed by atoms with E-state index in [0.29, 0.717) is 40.3 Å². The van der Waals surface area contributed by atoms with E-state index < -0.39 is 11.5 Å². The molecule has 2 N–H and O–H groups in total. The van der Waals surface area contributed by atoms with Crippen LogP contribution in [0.4, 0.5) is 14.5 Å². The molecule has 0 saturated heterocycles. The van der Waals surface area contributed by atoms with E-state index in [1.54, 1.807) is 12.1 Å². The first kappa shape index (κ1) is 20.8. The highest BCUT2D eigenvalue weighted by Crippen LogP contribution is 2.37. The van der Waals surface area contributed by atoms with Gasteiger partial charge in [-0.15, -0.1) is 8.78 Å². The van der Waals surface area contributed by atoms with Crippen LogP contribution in [0.15, 0.2) is 40.9 Å². The van der Waals surface area contributed by atoms with Gasteiger partial charge in [0.1, 0.15) is 12.4 Å². The summed E-state index contributed by atoms with van der Waals surface area (Å²) in [7, 11) is 0. The Morgan fingerprint density at radius 3 is 2.80 bits per heavy atom. The second kappa shape index (κ2) is 8.01. The molecule has 30 heavy (non-hydrogen) atoms. The molecular formula is C19H15BrClF2N3O4. The number of carbonyl (C=O) groups excluding carboxylic acids is 1. The Balaban J connectivity index is 1.56. The number of amides is 1. The summed E-state index contributed by atoms with van der Waals surface area (Å²) in [4.78, 5) is 17.1. The number of benzene rings is 2. The third-order valence-electron chi connectivity index (χ3n) is 4.55. The zero-order valence-corrected chi connectivity index (χ0v) is 17.6. The van der Waals surface area contributed by atoms with Gasteiger partial charge in [-0.1, -0.05) is 0 Å². The number of alkyl halides is 3. The molecule has 0 bridgehead atoms. The molecule has 0 spiro atoms. The number of rotatable bonds is 6. The van der Waals surface area contributed by atoms with Gasteiger partial charge in [0.25, 0.3) is 11.9 Å². The molecule has 2 heterocycles. The summed E-state index contributed by atoms with van der Waals surface area (Å²) in [6, 6.07) is 9.07. The van der Waals surface area contributed by atoms with Gasteiger partial charge in [-0.3, -0.25) is 9.36 Å². The number of aromatic nitrogens is 2. The zero-order valence-electron chi connectivity index (χ0n) is 15.2. The van der Waals surface area contributed by atoms with Crippen LogP contribution in [0.5, 0.6) is 11.8 Å². The number of imidazole rings is 1. The molecule has 0 saturated carbocycles. The SMILES string of the molecule is O=C(Nc1ccc(OC(F)(F)Cl)cc1)c1cc(Br)c2c(c1)nc1n2[C@@H](CCO)CO1. The van der Waals surface area contributed by atoms with E-state index in [0.717, 1.165) is 5.52 Å². The summed E-state index contributed by atoms with van der Waals surface area (Å²) in [5, 5.41) is 11.9. The Morgan fingerprint density at radius 2 is 2.13 bits per heavy atom. The Hall–Kier alpha value is -2.43. The molecule has 2 aromatic carbocycles. The molecule has 158 valence electrons. The number of ether oxygens (including phenoxy) is 2. The Kier molecular flexibility index (Phi) is 5.56. The minimum absolute atomic E-state index is 0.0254. The maximum atomic E-state index is 12.7. The Labute approximate surface area is 182 Å². The van der Waals surface area contributed by atoms with Crippen LogP contribution in [-0.2, 0) is 0 Å². The lowest BCUT2D eigenvalue weighted by atomic mass is 10.1. The standard InChI is InChI=1S/C19H15BrClF2N3O4/c20-14-7-10(8-15-16(14)26-12(5-6-27)9-29-18(26)25-15)17(28)24-11-1-3-13(4-2-11)30-19(21,22)23/h1-4,7-8,12,27H,5-6,9H2,(H,24,28)/t12-/m0/s1. The number of carbonyl (C=O) groups is 1. The molecule has 0 unspecified atom stereocenters. The predicted octanol–water partition coefficient (Wildman–Crippen LogP) is 4.53. The molecule has 1 atom stereocenters. The van der Waals surface area contributed by atoms with Gasteiger partial charge in [0.2, 0.25) is 0 Å². The first-order valence-corrected chi connectivity index (χ1v) is 10.0. The highest BCUT2D eigenvalue weighted by molar-refractivity contribution is 9.10. The van der Waals surface area contributed by atoms with Crippen LogP contribution in [0.2, 0.25) is 0 Å². The average Bonchev–Trinajstić information content (AvgIpc) is 3.22. The first-order valence-electron chi connectivity index (χ1n) is 8.87. The smallest absolute Gasteiger partial charge is 0.462 e. The van der Waals surface area contributed by atoms with Crippen LogP contribution >= 0.6 is 27.5 Å². The molecule has 4 rings (SSSR count). The lowest BCUT2D eigenvalue weighted by Gasteiger charge is -2.12. The molecule has 0 aliphatic carbocycles. The third kappa shape index (κ3) is 4.21. The van der Waals surface area contributed by atoms with E-state index in [9.17, 15) is 18.7 Å². The summed E-state index contributed by atoms with van der Waals surface area (Å²) in [6.45, 7) is 0.459. The van der Waals surface area contributed by atoms with Crippen LogP contribution in [-0.4, -0.2) is 39.3 Å². The van der Waals surface area contributed by atoms with E-state index in [1.807, 2.05) is 4.57 Å². The van der Waals surface area contributed by atoms with Gasteiger partial charge < -0.3 is 19.9 Å². The van der Waals surface area contributed by atoms with Crippen molar-refractivity contribution in [1.82, 2.24) is 9.55 Å². The quantitative estimate of drug-likeness (QED) is 0.484. The number of fused-ring (bicyclic) bond motifs is 3. The Bertz CT molecular complexity index is 1100. The van der Waals surface area contributed by atoms with Crippen LogP contribution in [0, 0.1) is 0 Å². The number of aliphatic hydroxyl groups excluding tert-OH is 1. The predicted molar refractivity (Wildman–Crippen MR) is 109 cm³/mol. The van der Waals surface area contributed by atoms with Crippen molar-refractivity contribution >= 4 is 50.2 Å². The van der Waals surface area contributed by atoms with Crippen molar-refractivity contribution in [3.05, 3.63) is 46.4 Å². The summed E-state index contributed by atoms with van der Waals surface area (Å²) >= 11 is 8.22. The van der Waals surface area contributed by atoms with Crippen molar-refractivity contribution < 1.29 is 28.2 Å². The van der Waals surface area contributed by atoms with Gasteiger partial charge >= 0.3 is 5.57 Å². The molecule has 0 radical (unpaired) electrons. The number of anilines is 1. The highest BCUT2D eigenvalue weighted by atomic mass is 79.9. The van der Waals surface area contributed by atoms with Gasteiger partial charge in [0, 0.05) is 33.9 Å². The van der Waals surface area contributed by atoms with Crippen LogP contribution < -0.4 is 14.8 Å². The molecule has 3 aromatic rings. The summed E-state index contributed by atoms with van der Waals surface area (Å²) in [6.07, 6.45) is 0.530. The number of halogens is 4. The number of aliphatic hydroxyl groups is 1. The molecule has 1 aliphatic rings. The maximum absolute atomic E-state index is 12.7. The van der Waals surface area contributed by atoms with Gasteiger partial charge in [0.05, 0.1) is 17.1 Å². The fourth-order valence-corrected chi connectivity index (χ4v) is 4.01. The van der Waals surface area contributed by atoms with Crippen LogP contribution in [0.1, 0.15) is 22.8 Å². The monoisotopic (exact) mass is 501 g/mol. The normalized spacial score (nSPS) is 15.7. The van der Waals surface area contributed by atoms with E-state index in [2.05, 4.69) is 31.0 Å². The third-order valence-corrected chi connectivity index (χ3v) is 5.23. The van der Waals surface area contributed by atoms with Crippen LogP contribution in [0.25, 0.3) is 11.0 Å². The summed E-state index contributed by atoms with van der Waals surface area (Å²) < 4.78 is 37.7. The average molecular weight is 503 g/mol. The fraction of sp³-hybridized carbons (Fsp3) is 0.263. The molecule has 7 nitrogen and oxygen atoms in total. The topological polar surface area (TPSA) is 85.6 Å². The molecule has 0 fully saturated rings. The zero-order chi connectivity index (χ0) is 21.5. The molecule has 1 aliphatic heterocycles. The van der Waals surface area contributed by atoms with Crippen molar-refractivity contribution in [3.8, 4) is 11.8 Å². The minimum Gasteiger partial charge on any atom is -0.462 e. The van der Waals surface area contributed by atoms with Crippen molar-refractivity contribution in [1.29, 1.82) is 0 Å². The fourth-order valence-electron chi connectivity index (χ4n) is 3.28. The first-order chi connectivity index (χ1) is 14.2. The van der Waals surface area contributed by atoms with E-state index >= 15 is 0 Å². The number of hydrogen-bond acceptors (Lipinski definition) is 5. The largest absolute Gasteiger partial charge is 0.487 e. The maximum Gasteiger partial charge on any atom is 0.487 e.